The average molecular weight is 222 g/mol. The van der Waals surface area contributed by atoms with E-state index in [9.17, 15) is 0 Å². The minimum atomic E-state index is 0. The van der Waals surface area contributed by atoms with Gasteiger partial charge in [-0.15, -0.1) is 0 Å². The van der Waals surface area contributed by atoms with Crippen LogP contribution in [0.2, 0.25) is 5.25 Å². The van der Waals surface area contributed by atoms with Crippen LogP contribution in [0.3, 0.4) is 0 Å². The van der Waals surface area contributed by atoms with Gasteiger partial charge in [-0.2, -0.15) is 0 Å². The van der Waals surface area contributed by atoms with Crippen LogP contribution in [0.4, 0.5) is 0 Å². The molecule has 2 heteroatoms. The third-order valence-electron chi connectivity index (χ3n) is 1.71. The molecule has 0 saturated carbocycles. The molecule has 0 rings (SSSR count). The molecule has 0 radical (unpaired) electrons. The molecule has 0 heterocycles. The molecular weight excluding hydrogens is 201 g/mol. The van der Waals surface area contributed by atoms with Crippen molar-refractivity contribution in [1.82, 2.24) is 0 Å². The van der Waals surface area contributed by atoms with Gasteiger partial charge in [-0.3, -0.25) is 0 Å². The number of hydrogen-bond donors (Lipinski definition) is 0. The van der Waals surface area contributed by atoms with Gasteiger partial charge in [-0.05, 0) is 0 Å². The molecule has 0 nitrogen and oxygen atoms in total. The molecule has 0 aromatic carbocycles. The molecule has 64 valence electrons. The van der Waals surface area contributed by atoms with Crippen LogP contribution in [-0.4, -0.2) is 16.5 Å². The van der Waals surface area contributed by atoms with Gasteiger partial charge >= 0.3 is 67.2 Å². The number of thiol groups is 1. The van der Waals surface area contributed by atoms with E-state index in [1.165, 1.54) is 38.5 Å². The van der Waals surface area contributed by atoms with Gasteiger partial charge in [0.25, 0.3) is 0 Å². The maximum Gasteiger partial charge on any atom is -0.813 e. The summed E-state index contributed by atoms with van der Waals surface area (Å²) >= 11 is 1.11. The predicted octanol–water partition coefficient (Wildman–Crippen LogP) is 1.86. The Kier molecular flexibility index (Phi) is 16.9. The van der Waals surface area contributed by atoms with E-state index in [1.54, 1.807) is 5.25 Å². The van der Waals surface area contributed by atoms with Gasteiger partial charge in [-0.1, -0.05) is 0 Å². The van der Waals surface area contributed by atoms with Gasteiger partial charge in [0, 0.05) is 0 Å². The Hall–Kier alpha value is 0.893. The van der Waals surface area contributed by atoms with Crippen molar-refractivity contribution in [1.29, 1.82) is 0 Å². The molecule has 0 fully saturated rings. The van der Waals surface area contributed by atoms with Crippen molar-refractivity contribution in [2.24, 2.45) is 0 Å². The Bertz CT molecular complexity index is 42.5. The first-order chi connectivity index (χ1) is 4.41. The molecule has 0 unspecified atom stereocenters. The van der Waals surface area contributed by atoms with E-state index in [-0.39, 0.29) is 13.5 Å². The van der Waals surface area contributed by atoms with Crippen LogP contribution in [0.5, 0.6) is 0 Å². The summed E-state index contributed by atoms with van der Waals surface area (Å²) < 4.78 is 0. The van der Waals surface area contributed by atoms with Crippen LogP contribution in [0, 0.1) is 0 Å². The molecule has 0 aromatic rings. The van der Waals surface area contributed by atoms with E-state index in [2.05, 4.69) is 6.92 Å². The van der Waals surface area contributed by atoms with Crippen molar-refractivity contribution < 1.29 is 0 Å². The van der Waals surface area contributed by atoms with Crippen LogP contribution < -0.4 is 0 Å². The summed E-state index contributed by atoms with van der Waals surface area (Å²) in [6.07, 6.45) is 8.81. The molecule has 0 aliphatic heterocycles. The standard InChI is InChI=1S/C8H20Ge.H2S/c1-2-3-4-5-6-7-8-9;/h2-8H2,1,9H3;1H2/p-1. The van der Waals surface area contributed by atoms with Gasteiger partial charge in [-0.25, -0.2) is 0 Å². The topological polar surface area (TPSA) is 0 Å². The summed E-state index contributed by atoms with van der Waals surface area (Å²) in [6.45, 7) is 2.27. The maximum atomic E-state index is 2.27. The van der Waals surface area contributed by atoms with Gasteiger partial charge < -0.3 is 13.5 Å². The molecule has 0 spiro atoms. The fourth-order valence-electron chi connectivity index (χ4n) is 1.03. The molecule has 0 N–H and O–H groups in total. The summed E-state index contributed by atoms with van der Waals surface area (Å²) in [5, 5.41) is 1.55. The van der Waals surface area contributed by atoms with Gasteiger partial charge in [0.2, 0.25) is 0 Å². The van der Waals surface area contributed by atoms with Crippen LogP contribution in [-0.2, 0) is 13.5 Å². The molecule has 0 atom stereocenters. The summed E-state index contributed by atoms with van der Waals surface area (Å²) in [5.41, 5.74) is 0. The zero-order valence-corrected chi connectivity index (χ0v) is 12.5. The fraction of sp³-hybridized carbons (Fsp3) is 1.00. The molecule has 0 amide bonds. The zero-order valence-electron chi connectivity index (χ0n) is 7.40. The average Bonchev–Trinajstić information content (AvgIpc) is 1.89. The summed E-state index contributed by atoms with van der Waals surface area (Å²) in [6, 6.07) is 0. The molecular formula is C8H21GeS-. The summed E-state index contributed by atoms with van der Waals surface area (Å²) in [4.78, 5) is 0. The predicted molar refractivity (Wildman–Crippen MR) is 56.9 cm³/mol. The molecule has 0 aromatic heterocycles. The Labute approximate surface area is 80.8 Å². The van der Waals surface area contributed by atoms with Crippen molar-refractivity contribution >= 4 is 30.0 Å². The smallest absolute Gasteiger partial charge is 0.813 e. The van der Waals surface area contributed by atoms with Crippen molar-refractivity contribution in [3.63, 3.8) is 0 Å². The molecule has 0 aliphatic carbocycles. The number of unbranched alkanes of at least 4 members (excludes halogenated alkanes) is 5. The van der Waals surface area contributed by atoms with E-state index in [4.69, 9.17) is 0 Å². The van der Waals surface area contributed by atoms with E-state index in [0.717, 1.165) is 16.5 Å². The second kappa shape index (κ2) is 12.6. The minimum absolute atomic E-state index is 0. The molecule has 10 heavy (non-hydrogen) atoms. The first-order valence-electron chi connectivity index (χ1n) is 4.41. The van der Waals surface area contributed by atoms with Gasteiger partial charge in [0.15, 0.2) is 0 Å². The van der Waals surface area contributed by atoms with Crippen LogP contribution in [0.1, 0.15) is 45.4 Å². The zero-order chi connectivity index (χ0) is 6.95. The van der Waals surface area contributed by atoms with Crippen LogP contribution in [0.25, 0.3) is 0 Å². The van der Waals surface area contributed by atoms with Gasteiger partial charge in [0.05, 0.1) is 0 Å². The fourth-order valence-corrected chi connectivity index (χ4v) is 2.08. The van der Waals surface area contributed by atoms with Crippen molar-refractivity contribution in [3.8, 4) is 0 Å². The van der Waals surface area contributed by atoms with E-state index in [1.807, 2.05) is 0 Å². The Morgan fingerprint density at radius 1 is 0.900 bits per heavy atom. The Morgan fingerprint density at radius 2 is 1.40 bits per heavy atom. The molecule has 0 saturated heterocycles. The minimum Gasteiger partial charge on any atom is -0.813 e. The third kappa shape index (κ3) is 11.7. The summed E-state index contributed by atoms with van der Waals surface area (Å²) in [5.74, 6) is 0. The first-order valence-corrected chi connectivity index (χ1v) is 7.38. The molecule has 0 bridgehead atoms. The largest absolute Gasteiger partial charge is 0.813 e. The molecule has 0 aliphatic rings. The van der Waals surface area contributed by atoms with Crippen LogP contribution in [0.15, 0.2) is 0 Å². The Morgan fingerprint density at radius 3 is 1.90 bits per heavy atom. The van der Waals surface area contributed by atoms with Crippen LogP contribution >= 0.6 is 0 Å². The van der Waals surface area contributed by atoms with E-state index in [0.29, 0.717) is 0 Å². The van der Waals surface area contributed by atoms with Crippen molar-refractivity contribution in [2.75, 3.05) is 0 Å². The SMILES string of the molecule is CCCCCCC[CH2][GeH3].[SH-]. The second-order valence-corrected chi connectivity index (χ2v) is 4.87. The maximum absolute atomic E-state index is 2.27. The summed E-state index contributed by atoms with van der Waals surface area (Å²) in [7, 11) is 0. The quantitative estimate of drug-likeness (QED) is 0.286. The third-order valence-corrected chi connectivity index (χ3v) is 3.19. The Balaban J connectivity index is 0. The van der Waals surface area contributed by atoms with Crippen molar-refractivity contribution in [3.05, 3.63) is 0 Å². The van der Waals surface area contributed by atoms with E-state index >= 15 is 0 Å². The van der Waals surface area contributed by atoms with E-state index < -0.39 is 0 Å². The van der Waals surface area contributed by atoms with Crippen molar-refractivity contribution in [2.45, 2.75) is 50.7 Å². The second-order valence-electron chi connectivity index (χ2n) is 2.77. The number of rotatable bonds is 6. The monoisotopic (exact) mass is 223 g/mol. The number of hydrogen-bond acceptors (Lipinski definition) is 1. The first kappa shape index (κ1) is 13.5. The van der Waals surface area contributed by atoms with Gasteiger partial charge in [0.1, 0.15) is 0 Å². The normalized spacial score (nSPS) is 9.30.